The highest BCUT2D eigenvalue weighted by molar-refractivity contribution is 5.24. The molecule has 4 N–H and O–H groups in total. The zero-order valence-corrected chi connectivity index (χ0v) is 7.42. The van der Waals surface area contributed by atoms with Crippen molar-refractivity contribution in [2.75, 3.05) is 5.73 Å². The van der Waals surface area contributed by atoms with E-state index in [2.05, 4.69) is 10.1 Å². The minimum Gasteiger partial charge on any atom is -0.365 e. The van der Waals surface area contributed by atoms with Gasteiger partial charge in [-0.05, 0) is 10.7 Å². The lowest BCUT2D eigenvalue weighted by molar-refractivity contribution is 0.368. The molecule has 0 aliphatic heterocycles. The lowest BCUT2D eigenvalue weighted by Crippen LogP contribution is -2.12. The van der Waals surface area contributed by atoms with Gasteiger partial charge >= 0.3 is 0 Å². The summed E-state index contributed by atoms with van der Waals surface area (Å²) in [6, 6.07) is 9.08. The van der Waals surface area contributed by atoms with Gasteiger partial charge in [-0.2, -0.15) is 4.98 Å². The van der Waals surface area contributed by atoms with Gasteiger partial charge < -0.3 is 16.0 Å². The predicted molar refractivity (Wildman–Crippen MR) is 51.2 cm³/mol. The Morgan fingerprint density at radius 3 is 2.50 bits per heavy atom. The molecule has 0 spiro atoms. The average Bonchev–Trinajstić information content (AvgIpc) is 2.65. The molecule has 0 fully saturated rings. The number of rotatable bonds is 2. The van der Waals surface area contributed by atoms with Crippen LogP contribution in [0.2, 0.25) is 0 Å². The molecule has 0 aliphatic rings. The van der Waals surface area contributed by atoms with Crippen LogP contribution in [0.5, 0.6) is 0 Å². The molecule has 2 aromatic rings. The van der Waals surface area contributed by atoms with E-state index >= 15 is 0 Å². The Kier molecular flexibility index (Phi) is 2.16. The number of nitrogen functional groups attached to an aromatic ring is 1. The molecule has 14 heavy (non-hydrogen) atoms. The van der Waals surface area contributed by atoms with Crippen LogP contribution in [0.25, 0.3) is 0 Å². The van der Waals surface area contributed by atoms with Gasteiger partial charge in [0.15, 0.2) is 0 Å². The molecule has 2 rings (SSSR count). The molecule has 1 heterocycles. The van der Waals surface area contributed by atoms with Crippen molar-refractivity contribution in [3.63, 3.8) is 0 Å². The van der Waals surface area contributed by atoms with E-state index < -0.39 is 6.04 Å². The van der Waals surface area contributed by atoms with Gasteiger partial charge in [0.1, 0.15) is 6.04 Å². The minimum atomic E-state index is -0.416. The highest BCUT2D eigenvalue weighted by Crippen LogP contribution is 2.17. The van der Waals surface area contributed by atoms with Crippen molar-refractivity contribution in [3.05, 3.63) is 41.8 Å². The first-order chi connectivity index (χ1) is 6.77. The van der Waals surface area contributed by atoms with Crippen molar-refractivity contribution in [1.29, 1.82) is 0 Å². The third-order valence-corrected chi connectivity index (χ3v) is 1.88. The van der Waals surface area contributed by atoms with Gasteiger partial charge in [0.2, 0.25) is 5.89 Å². The second-order valence-corrected chi connectivity index (χ2v) is 2.88. The van der Waals surface area contributed by atoms with Crippen molar-refractivity contribution < 1.29 is 4.52 Å². The molecule has 1 aromatic heterocycles. The number of anilines is 1. The Hall–Kier alpha value is -1.88. The molecule has 0 radical (unpaired) electrons. The number of hydrogen-bond donors (Lipinski definition) is 2. The fraction of sp³-hybridized carbons (Fsp3) is 0.111. The summed E-state index contributed by atoms with van der Waals surface area (Å²) in [5.74, 6) is 0.431. The Morgan fingerprint density at radius 2 is 1.93 bits per heavy atom. The van der Waals surface area contributed by atoms with Crippen molar-refractivity contribution in [2.24, 2.45) is 5.73 Å². The molecular weight excluding hydrogens is 180 g/mol. The molecule has 1 aromatic carbocycles. The summed E-state index contributed by atoms with van der Waals surface area (Å²) >= 11 is 0. The second kappa shape index (κ2) is 3.47. The Bertz CT molecular complexity index is 412. The van der Waals surface area contributed by atoms with Crippen LogP contribution in [-0.4, -0.2) is 10.1 Å². The van der Waals surface area contributed by atoms with Gasteiger partial charge in [-0.25, -0.2) is 0 Å². The first-order valence-corrected chi connectivity index (χ1v) is 4.17. The maximum atomic E-state index is 5.88. The summed E-state index contributed by atoms with van der Waals surface area (Å²) in [6.07, 6.45) is 0. The lowest BCUT2D eigenvalue weighted by Gasteiger charge is -2.05. The third kappa shape index (κ3) is 1.57. The number of nitrogens with zero attached hydrogens (tertiary/aromatic N) is 2. The zero-order chi connectivity index (χ0) is 9.97. The number of nitrogens with two attached hydrogens (primary N) is 2. The summed E-state index contributed by atoms with van der Waals surface area (Å²) in [5.41, 5.74) is 12.1. The van der Waals surface area contributed by atoms with Crippen molar-refractivity contribution in [2.45, 2.75) is 6.04 Å². The maximum absolute atomic E-state index is 5.88. The molecule has 5 heteroatoms. The van der Waals surface area contributed by atoms with Crippen LogP contribution in [0.1, 0.15) is 17.5 Å². The van der Waals surface area contributed by atoms with Gasteiger partial charge in [0, 0.05) is 0 Å². The SMILES string of the molecule is Nc1noc([C@@H](N)c2ccccc2)n1. The molecule has 72 valence electrons. The van der Waals surface area contributed by atoms with Gasteiger partial charge in [-0.3, -0.25) is 0 Å². The molecule has 0 amide bonds. The van der Waals surface area contributed by atoms with Crippen LogP contribution >= 0.6 is 0 Å². The largest absolute Gasteiger partial charge is 0.365 e. The number of benzene rings is 1. The summed E-state index contributed by atoms with van der Waals surface area (Å²) in [7, 11) is 0. The van der Waals surface area contributed by atoms with Crippen LogP contribution in [0.3, 0.4) is 0 Å². The van der Waals surface area contributed by atoms with Crippen LogP contribution in [0, 0.1) is 0 Å². The van der Waals surface area contributed by atoms with Crippen LogP contribution < -0.4 is 11.5 Å². The fourth-order valence-electron chi connectivity index (χ4n) is 1.18. The van der Waals surface area contributed by atoms with Crippen LogP contribution in [-0.2, 0) is 0 Å². The Balaban J connectivity index is 2.29. The first-order valence-electron chi connectivity index (χ1n) is 4.17. The highest BCUT2D eigenvalue weighted by atomic mass is 16.5. The van der Waals surface area contributed by atoms with Crippen molar-refractivity contribution in [1.82, 2.24) is 10.1 Å². The molecule has 0 saturated heterocycles. The van der Waals surface area contributed by atoms with Gasteiger partial charge in [0.25, 0.3) is 5.95 Å². The topological polar surface area (TPSA) is 91.0 Å². The molecule has 0 aliphatic carbocycles. The van der Waals surface area contributed by atoms with E-state index in [9.17, 15) is 0 Å². The highest BCUT2D eigenvalue weighted by Gasteiger charge is 2.14. The molecule has 0 bridgehead atoms. The Morgan fingerprint density at radius 1 is 1.21 bits per heavy atom. The van der Waals surface area contributed by atoms with E-state index in [1.54, 1.807) is 0 Å². The third-order valence-electron chi connectivity index (χ3n) is 1.88. The smallest absolute Gasteiger partial charge is 0.260 e. The monoisotopic (exact) mass is 190 g/mol. The normalized spacial score (nSPS) is 12.6. The summed E-state index contributed by atoms with van der Waals surface area (Å²) in [4.78, 5) is 3.86. The molecule has 1 atom stereocenters. The fourth-order valence-corrected chi connectivity index (χ4v) is 1.18. The minimum absolute atomic E-state index is 0.103. The van der Waals surface area contributed by atoms with E-state index in [0.717, 1.165) is 5.56 Å². The molecule has 5 nitrogen and oxygen atoms in total. The van der Waals surface area contributed by atoms with E-state index in [4.69, 9.17) is 16.0 Å². The van der Waals surface area contributed by atoms with E-state index in [0.29, 0.717) is 5.89 Å². The van der Waals surface area contributed by atoms with Gasteiger partial charge in [-0.15, -0.1) is 0 Å². The van der Waals surface area contributed by atoms with E-state index in [1.807, 2.05) is 30.3 Å². The van der Waals surface area contributed by atoms with Crippen LogP contribution in [0.4, 0.5) is 5.95 Å². The lowest BCUT2D eigenvalue weighted by atomic mass is 10.1. The molecule has 0 unspecified atom stereocenters. The Labute approximate surface area is 80.7 Å². The standard InChI is InChI=1S/C9H10N4O/c10-7(6-4-2-1-3-5-6)8-12-9(11)13-14-8/h1-5,7H,10H2,(H2,11,13)/t7-/m0/s1. The quantitative estimate of drug-likeness (QED) is 0.727. The zero-order valence-electron chi connectivity index (χ0n) is 7.42. The summed E-state index contributed by atoms with van der Waals surface area (Å²) in [6.45, 7) is 0. The first kappa shape index (κ1) is 8.71. The molecular formula is C9H10N4O. The average molecular weight is 190 g/mol. The van der Waals surface area contributed by atoms with E-state index in [-0.39, 0.29) is 5.95 Å². The van der Waals surface area contributed by atoms with Gasteiger partial charge in [0.05, 0.1) is 0 Å². The summed E-state index contributed by atoms with van der Waals surface area (Å²) in [5, 5.41) is 3.47. The van der Waals surface area contributed by atoms with Crippen molar-refractivity contribution >= 4 is 5.95 Å². The summed E-state index contributed by atoms with van der Waals surface area (Å²) < 4.78 is 4.87. The molecule has 0 saturated carbocycles. The van der Waals surface area contributed by atoms with Gasteiger partial charge in [-0.1, -0.05) is 30.3 Å². The van der Waals surface area contributed by atoms with E-state index in [1.165, 1.54) is 0 Å². The number of hydrogen-bond acceptors (Lipinski definition) is 5. The number of aromatic nitrogens is 2. The predicted octanol–water partition coefficient (Wildman–Crippen LogP) is 0.700. The maximum Gasteiger partial charge on any atom is 0.260 e. The van der Waals surface area contributed by atoms with Crippen molar-refractivity contribution in [3.8, 4) is 0 Å². The second-order valence-electron chi connectivity index (χ2n) is 2.88. The van der Waals surface area contributed by atoms with Crippen LogP contribution in [0.15, 0.2) is 34.9 Å².